The number of para-hydroxylation sites is 1. The van der Waals surface area contributed by atoms with Crippen LogP contribution in [-0.2, 0) is 4.79 Å². The average Bonchev–Trinajstić information content (AvgIpc) is 2.47. The normalized spacial score (nSPS) is 10.6. The molecular formula is C17H20N2O. The molecule has 0 fully saturated rings. The van der Waals surface area contributed by atoms with Gasteiger partial charge in [0.15, 0.2) is 0 Å². The molecule has 0 unspecified atom stereocenters. The maximum Gasteiger partial charge on any atom is 0.238 e. The van der Waals surface area contributed by atoms with E-state index in [0.29, 0.717) is 12.6 Å². The Kier molecular flexibility index (Phi) is 4.91. The van der Waals surface area contributed by atoms with Gasteiger partial charge in [-0.25, -0.2) is 0 Å². The predicted molar refractivity (Wildman–Crippen MR) is 83.6 cm³/mol. The molecule has 1 amide bonds. The monoisotopic (exact) mass is 268 g/mol. The van der Waals surface area contributed by atoms with Crippen molar-refractivity contribution >= 4 is 11.6 Å². The lowest BCUT2D eigenvalue weighted by Crippen LogP contribution is -2.32. The highest BCUT2D eigenvalue weighted by Crippen LogP contribution is 2.27. The summed E-state index contributed by atoms with van der Waals surface area (Å²) in [6.07, 6.45) is 0. The second-order valence-electron chi connectivity index (χ2n) is 5.00. The Morgan fingerprint density at radius 2 is 1.65 bits per heavy atom. The molecular weight excluding hydrogens is 248 g/mol. The number of hydrogen-bond acceptors (Lipinski definition) is 2. The van der Waals surface area contributed by atoms with E-state index < -0.39 is 0 Å². The van der Waals surface area contributed by atoms with Crippen LogP contribution >= 0.6 is 0 Å². The van der Waals surface area contributed by atoms with Gasteiger partial charge in [-0.3, -0.25) is 4.79 Å². The standard InChI is InChI=1S/C17H20N2O/c1-13(2)18-12-17(20)19-16-11-7-6-10-15(16)14-8-4-3-5-9-14/h3-11,13,18H,12H2,1-2H3,(H,19,20). The fraction of sp³-hybridized carbons (Fsp3) is 0.235. The minimum absolute atomic E-state index is 0.0259. The molecule has 0 aromatic heterocycles. The van der Waals surface area contributed by atoms with Crippen LogP contribution in [0.3, 0.4) is 0 Å². The van der Waals surface area contributed by atoms with Crippen molar-refractivity contribution in [2.45, 2.75) is 19.9 Å². The van der Waals surface area contributed by atoms with E-state index in [2.05, 4.69) is 10.6 Å². The van der Waals surface area contributed by atoms with Gasteiger partial charge in [-0.15, -0.1) is 0 Å². The number of anilines is 1. The first kappa shape index (κ1) is 14.3. The lowest BCUT2D eigenvalue weighted by Gasteiger charge is -2.12. The van der Waals surface area contributed by atoms with Crippen molar-refractivity contribution in [2.24, 2.45) is 0 Å². The van der Waals surface area contributed by atoms with Gasteiger partial charge in [0.05, 0.1) is 6.54 Å². The number of carbonyl (C=O) groups is 1. The molecule has 0 bridgehead atoms. The Bertz CT molecular complexity index is 564. The van der Waals surface area contributed by atoms with Crippen molar-refractivity contribution in [3.8, 4) is 11.1 Å². The molecule has 0 heterocycles. The molecule has 2 N–H and O–H groups in total. The molecule has 2 rings (SSSR count). The SMILES string of the molecule is CC(C)NCC(=O)Nc1ccccc1-c1ccccc1. The Morgan fingerprint density at radius 1 is 1.00 bits per heavy atom. The Morgan fingerprint density at radius 3 is 2.35 bits per heavy atom. The zero-order chi connectivity index (χ0) is 14.4. The molecule has 0 aliphatic carbocycles. The Hall–Kier alpha value is -2.13. The summed E-state index contributed by atoms with van der Waals surface area (Å²) in [5.74, 6) is -0.0259. The quantitative estimate of drug-likeness (QED) is 0.873. The van der Waals surface area contributed by atoms with Crippen molar-refractivity contribution in [2.75, 3.05) is 11.9 Å². The third kappa shape index (κ3) is 3.93. The number of amides is 1. The summed E-state index contributed by atoms with van der Waals surface area (Å²) in [6, 6.07) is 18.2. The first-order chi connectivity index (χ1) is 9.66. The topological polar surface area (TPSA) is 41.1 Å². The summed E-state index contributed by atoms with van der Waals surface area (Å²) in [7, 11) is 0. The van der Waals surface area contributed by atoms with E-state index in [0.717, 1.165) is 16.8 Å². The minimum Gasteiger partial charge on any atom is -0.324 e. The molecule has 2 aromatic rings. The zero-order valence-corrected chi connectivity index (χ0v) is 11.9. The van der Waals surface area contributed by atoms with Crippen LogP contribution in [0.1, 0.15) is 13.8 Å². The summed E-state index contributed by atoms with van der Waals surface area (Å²) in [6.45, 7) is 4.36. The first-order valence-electron chi connectivity index (χ1n) is 6.84. The Balaban J connectivity index is 2.15. The van der Waals surface area contributed by atoms with E-state index in [-0.39, 0.29) is 5.91 Å². The molecule has 2 aromatic carbocycles. The molecule has 3 heteroatoms. The average molecular weight is 268 g/mol. The van der Waals surface area contributed by atoms with Gasteiger partial charge in [0.1, 0.15) is 0 Å². The molecule has 0 saturated carbocycles. The smallest absolute Gasteiger partial charge is 0.238 e. The summed E-state index contributed by atoms with van der Waals surface area (Å²) in [5.41, 5.74) is 2.97. The molecule has 0 atom stereocenters. The number of carbonyl (C=O) groups excluding carboxylic acids is 1. The van der Waals surface area contributed by atoms with E-state index in [9.17, 15) is 4.79 Å². The lowest BCUT2D eigenvalue weighted by atomic mass is 10.0. The van der Waals surface area contributed by atoms with Crippen molar-refractivity contribution in [1.82, 2.24) is 5.32 Å². The molecule has 0 spiro atoms. The highest BCUT2D eigenvalue weighted by atomic mass is 16.1. The van der Waals surface area contributed by atoms with Gasteiger partial charge in [-0.2, -0.15) is 0 Å². The van der Waals surface area contributed by atoms with Gasteiger partial charge < -0.3 is 10.6 Å². The summed E-state index contributed by atoms with van der Waals surface area (Å²) < 4.78 is 0. The number of hydrogen-bond donors (Lipinski definition) is 2. The second kappa shape index (κ2) is 6.87. The first-order valence-corrected chi connectivity index (χ1v) is 6.84. The molecule has 20 heavy (non-hydrogen) atoms. The third-order valence-electron chi connectivity index (χ3n) is 2.96. The van der Waals surface area contributed by atoms with Gasteiger partial charge in [-0.05, 0) is 11.6 Å². The van der Waals surface area contributed by atoms with Crippen molar-refractivity contribution in [1.29, 1.82) is 0 Å². The number of rotatable bonds is 5. The van der Waals surface area contributed by atoms with Gasteiger partial charge in [0.25, 0.3) is 0 Å². The van der Waals surface area contributed by atoms with Crippen molar-refractivity contribution in [3.05, 3.63) is 54.6 Å². The largest absolute Gasteiger partial charge is 0.324 e. The molecule has 3 nitrogen and oxygen atoms in total. The third-order valence-corrected chi connectivity index (χ3v) is 2.96. The summed E-state index contributed by atoms with van der Waals surface area (Å²) >= 11 is 0. The fourth-order valence-corrected chi connectivity index (χ4v) is 1.95. The van der Waals surface area contributed by atoms with Gasteiger partial charge in [0.2, 0.25) is 5.91 Å². The van der Waals surface area contributed by atoms with E-state index in [1.165, 1.54) is 0 Å². The van der Waals surface area contributed by atoms with E-state index in [1.807, 2.05) is 68.4 Å². The van der Waals surface area contributed by atoms with Crippen molar-refractivity contribution < 1.29 is 4.79 Å². The second-order valence-corrected chi connectivity index (χ2v) is 5.00. The minimum atomic E-state index is -0.0259. The predicted octanol–water partition coefficient (Wildman–Crippen LogP) is 3.29. The van der Waals surface area contributed by atoms with Crippen LogP contribution in [0.2, 0.25) is 0 Å². The van der Waals surface area contributed by atoms with Crippen LogP contribution < -0.4 is 10.6 Å². The van der Waals surface area contributed by atoms with Crippen LogP contribution in [-0.4, -0.2) is 18.5 Å². The van der Waals surface area contributed by atoms with E-state index in [1.54, 1.807) is 0 Å². The summed E-state index contributed by atoms with van der Waals surface area (Å²) in [4.78, 5) is 11.9. The molecule has 0 aliphatic heterocycles. The zero-order valence-electron chi connectivity index (χ0n) is 11.9. The highest BCUT2D eigenvalue weighted by molar-refractivity contribution is 5.96. The van der Waals surface area contributed by atoms with Gasteiger partial charge >= 0.3 is 0 Å². The maximum atomic E-state index is 11.9. The summed E-state index contributed by atoms with van der Waals surface area (Å²) in [5, 5.41) is 6.08. The van der Waals surface area contributed by atoms with Crippen LogP contribution in [0, 0.1) is 0 Å². The molecule has 0 saturated heterocycles. The lowest BCUT2D eigenvalue weighted by molar-refractivity contribution is -0.115. The maximum absolute atomic E-state index is 11.9. The van der Waals surface area contributed by atoms with Crippen LogP contribution in [0.15, 0.2) is 54.6 Å². The van der Waals surface area contributed by atoms with Crippen LogP contribution in [0.4, 0.5) is 5.69 Å². The number of nitrogens with one attached hydrogen (secondary N) is 2. The molecule has 0 radical (unpaired) electrons. The Labute approximate surface area is 120 Å². The van der Waals surface area contributed by atoms with E-state index in [4.69, 9.17) is 0 Å². The van der Waals surface area contributed by atoms with Crippen LogP contribution in [0.25, 0.3) is 11.1 Å². The van der Waals surface area contributed by atoms with Gasteiger partial charge in [0, 0.05) is 17.3 Å². The van der Waals surface area contributed by atoms with Gasteiger partial charge in [-0.1, -0.05) is 62.4 Å². The fourth-order valence-electron chi connectivity index (χ4n) is 1.95. The number of benzene rings is 2. The van der Waals surface area contributed by atoms with E-state index >= 15 is 0 Å². The van der Waals surface area contributed by atoms with Crippen molar-refractivity contribution in [3.63, 3.8) is 0 Å². The van der Waals surface area contributed by atoms with Crippen LogP contribution in [0.5, 0.6) is 0 Å². The molecule has 104 valence electrons. The highest BCUT2D eigenvalue weighted by Gasteiger charge is 2.08. The molecule has 0 aliphatic rings.